The normalized spacial score (nSPS) is 14.8. The molecule has 2 heterocycles. The average Bonchev–Trinajstić information content (AvgIpc) is 2.68. The fourth-order valence-electron chi connectivity index (χ4n) is 3.50. The predicted octanol–water partition coefficient (Wildman–Crippen LogP) is 3.19. The predicted molar refractivity (Wildman–Crippen MR) is 107 cm³/mol. The molecule has 2 aromatic heterocycles. The summed E-state index contributed by atoms with van der Waals surface area (Å²) in [6, 6.07) is 11.5. The first-order chi connectivity index (χ1) is 13.6. The quantitative estimate of drug-likeness (QED) is 0.710. The van der Waals surface area contributed by atoms with Gasteiger partial charge in [-0.25, -0.2) is 15.0 Å². The van der Waals surface area contributed by atoms with Crippen molar-refractivity contribution in [3.8, 4) is 17.0 Å². The van der Waals surface area contributed by atoms with Crippen LogP contribution >= 0.6 is 0 Å². The lowest BCUT2D eigenvalue weighted by atomic mass is 9.63. The Morgan fingerprint density at radius 1 is 1.07 bits per heavy atom. The summed E-state index contributed by atoms with van der Waals surface area (Å²) in [6.07, 6.45) is 7.68. The molecule has 1 aromatic carbocycles. The zero-order chi connectivity index (χ0) is 19.6. The molecule has 3 N–H and O–H groups in total. The number of nitrogen functional groups attached to an aromatic ring is 1. The van der Waals surface area contributed by atoms with Crippen molar-refractivity contribution in [2.75, 3.05) is 18.2 Å². The van der Waals surface area contributed by atoms with Gasteiger partial charge >= 0.3 is 0 Å². The maximum Gasteiger partial charge on any atom is 0.235 e. The molecule has 28 heavy (non-hydrogen) atoms. The number of amides is 1. The van der Waals surface area contributed by atoms with Gasteiger partial charge in [-0.2, -0.15) is 0 Å². The summed E-state index contributed by atoms with van der Waals surface area (Å²) >= 11 is 0. The Labute approximate surface area is 163 Å². The number of nitrogens with one attached hydrogen (secondary N) is 1. The molecule has 3 aromatic rings. The number of carbonyl (C=O) groups is 1. The van der Waals surface area contributed by atoms with Crippen molar-refractivity contribution in [2.45, 2.75) is 24.7 Å². The topological polar surface area (TPSA) is 103 Å². The minimum atomic E-state index is -0.507. The number of carbonyl (C=O) groups excluding carboxylic acids is 1. The molecule has 7 nitrogen and oxygen atoms in total. The van der Waals surface area contributed by atoms with Gasteiger partial charge in [-0.3, -0.25) is 4.79 Å². The number of methoxy groups -OCH3 is 1. The number of ether oxygens (including phenoxy) is 1. The molecule has 0 radical (unpaired) electrons. The summed E-state index contributed by atoms with van der Waals surface area (Å²) in [6.45, 7) is 0. The average molecular weight is 375 g/mol. The van der Waals surface area contributed by atoms with E-state index in [4.69, 9.17) is 10.5 Å². The number of nitrogens with zero attached hydrogens (tertiary/aromatic N) is 3. The lowest BCUT2D eigenvalue weighted by Gasteiger charge is -2.40. The molecule has 1 amide bonds. The molecule has 0 spiro atoms. The molecular weight excluding hydrogens is 354 g/mol. The molecule has 1 fully saturated rings. The Kier molecular flexibility index (Phi) is 4.65. The van der Waals surface area contributed by atoms with E-state index in [2.05, 4.69) is 20.3 Å². The van der Waals surface area contributed by atoms with Crippen LogP contribution in [0.2, 0.25) is 0 Å². The van der Waals surface area contributed by atoms with Crippen LogP contribution in [0.3, 0.4) is 0 Å². The summed E-state index contributed by atoms with van der Waals surface area (Å²) in [5.74, 6) is 0.712. The van der Waals surface area contributed by atoms with Gasteiger partial charge in [0.15, 0.2) is 0 Å². The minimum absolute atomic E-state index is 0.00410. The van der Waals surface area contributed by atoms with E-state index in [-0.39, 0.29) is 11.9 Å². The number of nitrogens with two attached hydrogens (primary N) is 1. The van der Waals surface area contributed by atoms with Crippen molar-refractivity contribution < 1.29 is 9.53 Å². The van der Waals surface area contributed by atoms with Gasteiger partial charge in [0, 0.05) is 35.9 Å². The first-order valence-corrected chi connectivity index (χ1v) is 9.11. The molecule has 0 atom stereocenters. The van der Waals surface area contributed by atoms with Crippen molar-refractivity contribution in [1.82, 2.24) is 15.0 Å². The van der Waals surface area contributed by atoms with Gasteiger partial charge in [0.2, 0.25) is 17.7 Å². The third kappa shape index (κ3) is 3.26. The van der Waals surface area contributed by atoms with E-state index in [0.29, 0.717) is 11.6 Å². The molecule has 1 aliphatic rings. The second-order valence-corrected chi connectivity index (χ2v) is 6.88. The molecule has 142 valence electrons. The fraction of sp³-hybridized carbons (Fsp3) is 0.238. The number of anilines is 2. The monoisotopic (exact) mass is 375 g/mol. The van der Waals surface area contributed by atoms with Crippen LogP contribution in [0, 0.1) is 0 Å². The van der Waals surface area contributed by atoms with Crippen molar-refractivity contribution in [3.63, 3.8) is 0 Å². The first kappa shape index (κ1) is 17.9. The maximum atomic E-state index is 13.1. The van der Waals surface area contributed by atoms with E-state index < -0.39 is 5.41 Å². The number of benzene rings is 1. The van der Waals surface area contributed by atoms with Gasteiger partial charge in [0.25, 0.3) is 0 Å². The van der Waals surface area contributed by atoms with Gasteiger partial charge in [-0.15, -0.1) is 0 Å². The van der Waals surface area contributed by atoms with Crippen LogP contribution in [0.5, 0.6) is 5.88 Å². The second kappa shape index (κ2) is 7.26. The Balaban J connectivity index is 1.56. The first-order valence-electron chi connectivity index (χ1n) is 9.11. The highest BCUT2D eigenvalue weighted by Gasteiger charge is 2.45. The van der Waals surface area contributed by atoms with Gasteiger partial charge in [0.1, 0.15) is 0 Å². The van der Waals surface area contributed by atoms with Crippen molar-refractivity contribution in [1.29, 1.82) is 0 Å². The van der Waals surface area contributed by atoms with Crippen LogP contribution in [0.1, 0.15) is 24.8 Å². The molecule has 1 saturated carbocycles. The summed E-state index contributed by atoms with van der Waals surface area (Å²) in [4.78, 5) is 25.2. The third-order valence-corrected chi connectivity index (χ3v) is 5.29. The summed E-state index contributed by atoms with van der Waals surface area (Å²) < 4.78 is 5.13. The Bertz CT molecular complexity index is 982. The molecule has 0 aliphatic heterocycles. The molecule has 7 heteroatoms. The highest BCUT2D eigenvalue weighted by Crippen LogP contribution is 2.45. The summed E-state index contributed by atoms with van der Waals surface area (Å²) in [5, 5.41) is 3.02. The van der Waals surface area contributed by atoms with Gasteiger partial charge in [-0.05, 0) is 30.0 Å². The second-order valence-electron chi connectivity index (χ2n) is 6.88. The number of aromatic nitrogens is 3. The van der Waals surface area contributed by atoms with E-state index >= 15 is 0 Å². The fourth-order valence-corrected chi connectivity index (χ4v) is 3.50. The Morgan fingerprint density at radius 2 is 1.79 bits per heavy atom. The van der Waals surface area contributed by atoms with Gasteiger partial charge in [-0.1, -0.05) is 30.7 Å². The van der Waals surface area contributed by atoms with Crippen LogP contribution in [-0.4, -0.2) is 28.0 Å². The number of pyridine rings is 1. The highest BCUT2D eigenvalue weighted by atomic mass is 16.5. The zero-order valence-corrected chi connectivity index (χ0v) is 15.6. The van der Waals surface area contributed by atoms with E-state index in [9.17, 15) is 4.79 Å². The molecular formula is C21H21N5O2. The smallest absolute Gasteiger partial charge is 0.235 e. The van der Waals surface area contributed by atoms with Crippen molar-refractivity contribution in [2.24, 2.45) is 0 Å². The SMILES string of the molecule is COc1cc(NC(=O)C2(c3ccc(-c4cnc(N)nc4)cc3)CCC2)ccn1. The number of hydrogen-bond donors (Lipinski definition) is 2. The number of hydrogen-bond acceptors (Lipinski definition) is 6. The van der Waals surface area contributed by atoms with Gasteiger partial charge < -0.3 is 15.8 Å². The third-order valence-electron chi connectivity index (χ3n) is 5.29. The summed E-state index contributed by atoms with van der Waals surface area (Å²) in [5.41, 5.74) is 8.60. The van der Waals surface area contributed by atoms with E-state index in [1.807, 2.05) is 24.3 Å². The molecule has 0 bridgehead atoms. The van der Waals surface area contributed by atoms with Crippen LogP contribution in [-0.2, 0) is 10.2 Å². The minimum Gasteiger partial charge on any atom is -0.481 e. The van der Waals surface area contributed by atoms with Crippen LogP contribution in [0.25, 0.3) is 11.1 Å². The number of rotatable bonds is 5. The summed E-state index contributed by atoms with van der Waals surface area (Å²) in [7, 11) is 1.55. The highest BCUT2D eigenvalue weighted by molar-refractivity contribution is 6.00. The molecule has 0 unspecified atom stereocenters. The van der Waals surface area contributed by atoms with E-state index in [1.54, 1.807) is 37.8 Å². The largest absolute Gasteiger partial charge is 0.481 e. The van der Waals surface area contributed by atoms with E-state index in [0.717, 1.165) is 36.0 Å². The Hall–Kier alpha value is -3.48. The molecule has 1 aliphatic carbocycles. The van der Waals surface area contributed by atoms with Crippen molar-refractivity contribution in [3.05, 3.63) is 60.6 Å². The van der Waals surface area contributed by atoms with Crippen LogP contribution in [0.15, 0.2) is 55.0 Å². The Morgan fingerprint density at radius 3 is 2.39 bits per heavy atom. The van der Waals surface area contributed by atoms with Crippen molar-refractivity contribution >= 4 is 17.5 Å². The lowest BCUT2D eigenvalue weighted by Crippen LogP contribution is -2.46. The molecule has 0 saturated heterocycles. The van der Waals surface area contributed by atoms with Crippen LogP contribution in [0.4, 0.5) is 11.6 Å². The standard InChI is InChI=1S/C21H21N5O2/c1-28-18-11-17(7-10-23-18)26-19(27)21(8-2-9-21)16-5-3-14(4-6-16)15-12-24-20(22)25-13-15/h3-7,10-13H,2,8-9H2,1H3,(H2,22,24,25)(H,23,26,27). The van der Waals surface area contributed by atoms with Gasteiger partial charge in [0.05, 0.1) is 12.5 Å². The lowest BCUT2D eigenvalue weighted by molar-refractivity contribution is -0.124. The maximum absolute atomic E-state index is 13.1. The van der Waals surface area contributed by atoms with Crippen LogP contribution < -0.4 is 15.8 Å². The van der Waals surface area contributed by atoms with E-state index in [1.165, 1.54) is 0 Å². The zero-order valence-electron chi connectivity index (χ0n) is 15.6. The molecule has 4 rings (SSSR count).